The van der Waals surface area contributed by atoms with Gasteiger partial charge in [-0.15, -0.1) is 0 Å². The molecule has 2 nitrogen and oxygen atoms in total. The minimum atomic E-state index is 0.344. The van der Waals surface area contributed by atoms with Gasteiger partial charge in [-0.25, -0.2) is 0 Å². The van der Waals surface area contributed by atoms with Crippen LogP contribution in [0.4, 0.5) is 0 Å². The van der Waals surface area contributed by atoms with Crippen molar-refractivity contribution in [2.75, 3.05) is 7.05 Å². The predicted molar refractivity (Wildman–Crippen MR) is 87.7 cm³/mol. The molecule has 5 heteroatoms. The average Bonchev–Trinajstić information content (AvgIpc) is 2.40. The zero-order chi connectivity index (χ0) is 14.5. The van der Waals surface area contributed by atoms with E-state index in [2.05, 4.69) is 21.2 Å². The lowest BCUT2D eigenvalue weighted by atomic mass is 10.2. The highest BCUT2D eigenvalue weighted by molar-refractivity contribution is 9.10. The van der Waals surface area contributed by atoms with Gasteiger partial charge in [0.25, 0.3) is 0 Å². The summed E-state index contributed by atoms with van der Waals surface area (Å²) in [6.07, 6.45) is 0. The molecule has 2 aromatic rings. The number of halogens is 3. The standard InChI is InChI=1S/C15H14BrCl2NO/c1-19-8-10-7-11(16)5-6-15(10)20-9-12-13(17)3-2-4-14(12)18/h2-7,19H,8-9H2,1H3. The quantitative estimate of drug-likeness (QED) is 0.790. The van der Waals surface area contributed by atoms with E-state index < -0.39 is 0 Å². The van der Waals surface area contributed by atoms with Gasteiger partial charge in [0.2, 0.25) is 0 Å². The zero-order valence-corrected chi connectivity index (χ0v) is 14.0. The molecular weight excluding hydrogens is 361 g/mol. The Morgan fingerprint density at radius 3 is 2.50 bits per heavy atom. The van der Waals surface area contributed by atoms with Crippen LogP contribution < -0.4 is 10.1 Å². The van der Waals surface area contributed by atoms with E-state index in [1.54, 1.807) is 0 Å². The number of hydrogen-bond donors (Lipinski definition) is 1. The molecule has 2 rings (SSSR count). The molecular formula is C15H14BrCl2NO. The second-order valence-corrected chi connectivity index (χ2v) is 6.00. The summed E-state index contributed by atoms with van der Waals surface area (Å²) >= 11 is 15.7. The Kier molecular flexibility index (Phi) is 5.73. The molecule has 0 radical (unpaired) electrons. The van der Waals surface area contributed by atoms with Crippen molar-refractivity contribution in [2.45, 2.75) is 13.2 Å². The van der Waals surface area contributed by atoms with Gasteiger partial charge < -0.3 is 10.1 Å². The smallest absolute Gasteiger partial charge is 0.124 e. The largest absolute Gasteiger partial charge is 0.488 e. The molecule has 0 heterocycles. The topological polar surface area (TPSA) is 21.3 Å². The Bertz CT molecular complexity index is 584. The summed E-state index contributed by atoms with van der Waals surface area (Å²) in [4.78, 5) is 0. The Labute approximate surface area is 137 Å². The molecule has 0 saturated carbocycles. The fraction of sp³-hybridized carbons (Fsp3) is 0.200. The van der Waals surface area contributed by atoms with Crippen molar-refractivity contribution in [3.8, 4) is 5.75 Å². The fourth-order valence-electron chi connectivity index (χ4n) is 1.84. The van der Waals surface area contributed by atoms with Gasteiger partial charge in [-0.05, 0) is 37.4 Å². The molecule has 0 aromatic heterocycles. The second-order valence-electron chi connectivity index (χ2n) is 4.27. The van der Waals surface area contributed by atoms with Crippen LogP contribution in [0.25, 0.3) is 0 Å². The summed E-state index contributed by atoms with van der Waals surface area (Å²) in [6, 6.07) is 11.3. The Morgan fingerprint density at radius 2 is 1.85 bits per heavy atom. The minimum Gasteiger partial charge on any atom is -0.488 e. The predicted octanol–water partition coefficient (Wildman–Crippen LogP) is 5.05. The summed E-state index contributed by atoms with van der Waals surface area (Å²) in [5.41, 5.74) is 1.87. The van der Waals surface area contributed by atoms with Crippen LogP contribution >= 0.6 is 39.1 Å². The first kappa shape index (κ1) is 15.6. The van der Waals surface area contributed by atoms with Gasteiger partial charge in [0.1, 0.15) is 12.4 Å². The van der Waals surface area contributed by atoms with E-state index in [-0.39, 0.29) is 0 Å². The molecule has 0 atom stereocenters. The molecule has 0 amide bonds. The van der Waals surface area contributed by atoms with E-state index in [9.17, 15) is 0 Å². The monoisotopic (exact) mass is 373 g/mol. The second kappa shape index (κ2) is 7.32. The highest BCUT2D eigenvalue weighted by Crippen LogP contribution is 2.28. The third kappa shape index (κ3) is 3.89. The number of nitrogens with one attached hydrogen (secondary N) is 1. The van der Waals surface area contributed by atoms with Gasteiger partial charge in [0.05, 0.1) is 0 Å². The van der Waals surface area contributed by atoms with Gasteiger partial charge in [-0.1, -0.05) is 45.2 Å². The SMILES string of the molecule is CNCc1cc(Br)ccc1OCc1c(Cl)cccc1Cl. The number of hydrogen-bond acceptors (Lipinski definition) is 2. The van der Waals surface area contributed by atoms with Gasteiger partial charge in [0, 0.05) is 32.2 Å². The lowest BCUT2D eigenvalue weighted by molar-refractivity contribution is 0.302. The molecule has 0 saturated heterocycles. The van der Waals surface area contributed by atoms with Gasteiger partial charge in [-0.2, -0.15) is 0 Å². The lowest BCUT2D eigenvalue weighted by Gasteiger charge is -2.13. The molecule has 0 unspecified atom stereocenters. The summed E-state index contributed by atoms with van der Waals surface area (Å²) in [6.45, 7) is 1.07. The van der Waals surface area contributed by atoms with Crippen molar-refractivity contribution < 1.29 is 4.74 Å². The maximum atomic E-state index is 6.14. The lowest BCUT2D eigenvalue weighted by Crippen LogP contribution is -2.08. The van der Waals surface area contributed by atoms with Crippen LogP contribution in [0.1, 0.15) is 11.1 Å². The van der Waals surface area contributed by atoms with Crippen molar-refractivity contribution >= 4 is 39.1 Å². The number of ether oxygens (including phenoxy) is 1. The molecule has 106 valence electrons. The van der Waals surface area contributed by atoms with Crippen LogP contribution in [0.2, 0.25) is 10.0 Å². The molecule has 1 N–H and O–H groups in total. The van der Waals surface area contributed by atoms with Gasteiger partial charge in [-0.3, -0.25) is 0 Å². The van der Waals surface area contributed by atoms with Crippen molar-refractivity contribution in [3.63, 3.8) is 0 Å². The molecule has 2 aromatic carbocycles. The summed E-state index contributed by atoms with van der Waals surface area (Å²) in [7, 11) is 1.90. The first-order chi connectivity index (χ1) is 9.61. The van der Waals surface area contributed by atoms with Crippen LogP contribution in [0.5, 0.6) is 5.75 Å². The highest BCUT2D eigenvalue weighted by atomic mass is 79.9. The Hall–Kier alpha value is -0.740. The molecule has 20 heavy (non-hydrogen) atoms. The maximum absolute atomic E-state index is 6.14. The summed E-state index contributed by atoms with van der Waals surface area (Å²) < 4.78 is 6.88. The molecule has 0 fully saturated rings. The Morgan fingerprint density at radius 1 is 1.15 bits per heavy atom. The van der Waals surface area contributed by atoms with Crippen molar-refractivity contribution in [3.05, 3.63) is 62.0 Å². The van der Waals surface area contributed by atoms with E-state index >= 15 is 0 Å². The van der Waals surface area contributed by atoms with Crippen LogP contribution in [0, 0.1) is 0 Å². The average molecular weight is 375 g/mol. The summed E-state index contributed by atoms with van der Waals surface area (Å²) in [5, 5.41) is 4.35. The van der Waals surface area contributed by atoms with Crippen molar-refractivity contribution in [1.29, 1.82) is 0 Å². The summed E-state index contributed by atoms with van der Waals surface area (Å²) in [5.74, 6) is 0.818. The molecule has 0 spiro atoms. The molecule has 0 aliphatic carbocycles. The number of rotatable bonds is 5. The molecule has 0 aliphatic heterocycles. The van der Waals surface area contributed by atoms with Crippen LogP contribution in [0.3, 0.4) is 0 Å². The van der Waals surface area contributed by atoms with E-state index in [0.29, 0.717) is 16.7 Å². The highest BCUT2D eigenvalue weighted by Gasteiger charge is 2.09. The normalized spacial score (nSPS) is 10.6. The molecule has 0 aliphatic rings. The first-order valence-electron chi connectivity index (χ1n) is 6.10. The van der Waals surface area contributed by atoms with E-state index in [4.69, 9.17) is 27.9 Å². The third-order valence-electron chi connectivity index (χ3n) is 2.82. The minimum absolute atomic E-state index is 0.344. The molecule has 0 bridgehead atoms. The van der Waals surface area contributed by atoms with Crippen LogP contribution in [-0.2, 0) is 13.2 Å². The van der Waals surface area contributed by atoms with Crippen molar-refractivity contribution in [1.82, 2.24) is 5.32 Å². The van der Waals surface area contributed by atoms with Crippen LogP contribution in [0.15, 0.2) is 40.9 Å². The first-order valence-corrected chi connectivity index (χ1v) is 7.65. The van der Waals surface area contributed by atoms with E-state index in [0.717, 1.165) is 27.9 Å². The Balaban J connectivity index is 2.18. The third-order valence-corrected chi connectivity index (χ3v) is 4.02. The van der Waals surface area contributed by atoms with Crippen molar-refractivity contribution in [2.24, 2.45) is 0 Å². The number of benzene rings is 2. The zero-order valence-electron chi connectivity index (χ0n) is 10.9. The van der Waals surface area contributed by atoms with Gasteiger partial charge in [0.15, 0.2) is 0 Å². The fourth-order valence-corrected chi connectivity index (χ4v) is 2.75. The van der Waals surface area contributed by atoms with Crippen LogP contribution in [-0.4, -0.2) is 7.05 Å². The van der Waals surface area contributed by atoms with Gasteiger partial charge >= 0.3 is 0 Å². The van der Waals surface area contributed by atoms with E-state index in [1.807, 2.05) is 43.4 Å². The maximum Gasteiger partial charge on any atom is 0.124 e. The van der Waals surface area contributed by atoms with E-state index in [1.165, 1.54) is 0 Å².